The minimum Gasteiger partial charge on any atom is -0.398 e. The topological polar surface area (TPSA) is 89.3 Å². The quantitative estimate of drug-likeness (QED) is 0.800. The van der Waals surface area contributed by atoms with Crippen molar-refractivity contribution in [2.45, 2.75) is 17.7 Å². The van der Waals surface area contributed by atoms with E-state index in [0.29, 0.717) is 12.5 Å². The monoisotopic (exact) mass is 302 g/mol. The Balaban J connectivity index is 2.10. The van der Waals surface area contributed by atoms with E-state index in [4.69, 9.17) is 17.3 Å². The third kappa shape index (κ3) is 3.61. The molecule has 0 radical (unpaired) electrons. The van der Waals surface area contributed by atoms with Gasteiger partial charge in [0.15, 0.2) is 9.84 Å². The first-order valence-corrected chi connectivity index (χ1v) is 7.96. The number of amides is 1. The van der Waals surface area contributed by atoms with Crippen molar-refractivity contribution in [3.8, 4) is 0 Å². The van der Waals surface area contributed by atoms with Crippen LogP contribution in [0.3, 0.4) is 0 Å². The van der Waals surface area contributed by atoms with Crippen molar-refractivity contribution in [2.75, 3.05) is 18.0 Å². The maximum absolute atomic E-state index is 12.1. The highest BCUT2D eigenvalue weighted by Crippen LogP contribution is 2.29. The fourth-order valence-corrected chi connectivity index (χ4v) is 3.65. The van der Waals surface area contributed by atoms with E-state index in [1.165, 1.54) is 12.1 Å². The molecule has 7 heteroatoms. The summed E-state index contributed by atoms with van der Waals surface area (Å²) in [6.45, 7) is 0.534. The summed E-state index contributed by atoms with van der Waals surface area (Å²) in [5.74, 6) is -0.656. The highest BCUT2D eigenvalue weighted by atomic mass is 35.5. The second-order valence-electron chi connectivity index (χ2n) is 4.66. The number of carbonyl (C=O) groups excluding carboxylic acids is 1. The van der Waals surface area contributed by atoms with Crippen LogP contribution in [0.2, 0.25) is 5.02 Å². The Morgan fingerprint density at radius 3 is 2.68 bits per heavy atom. The number of nitrogens with two attached hydrogens (primary N) is 1. The number of anilines is 1. The molecular formula is C12H15ClN2O3S. The average Bonchev–Trinajstić information content (AvgIpc) is 3.08. The minimum absolute atomic E-state index is 0.0370. The van der Waals surface area contributed by atoms with E-state index in [9.17, 15) is 13.2 Å². The van der Waals surface area contributed by atoms with Crippen LogP contribution in [-0.2, 0) is 14.6 Å². The van der Waals surface area contributed by atoms with E-state index in [1.807, 2.05) is 0 Å². The molecule has 0 bridgehead atoms. The Morgan fingerprint density at radius 1 is 1.42 bits per heavy atom. The predicted molar refractivity (Wildman–Crippen MR) is 73.7 cm³/mol. The lowest BCUT2D eigenvalue weighted by molar-refractivity contribution is -0.118. The van der Waals surface area contributed by atoms with Gasteiger partial charge in [-0.3, -0.25) is 4.79 Å². The van der Waals surface area contributed by atoms with Crippen LogP contribution < -0.4 is 11.1 Å². The molecule has 0 saturated heterocycles. The van der Waals surface area contributed by atoms with Crippen LogP contribution in [0.5, 0.6) is 0 Å². The second kappa shape index (κ2) is 5.38. The number of nitrogen functional groups attached to an aromatic ring is 1. The maximum Gasteiger partial charge on any atom is 0.235 e. The lowest BCUT2D eigenvalue weighted by Gasteiger charge is -2.09. The SMILES string of the molecule is Nc1cccc(Cl)c1S(=O)(=O)CC(=O)NCC1CC1. The minimum atomic E-state index is -3.82. The molecule has 1 amide bonds. The normalized spacial score (nSPS) is 15.2. The van der Waals surface area contributed by atoms with Crippen molar-refractivity contribution in [3.63, 3.8) is 0 Å². The number of nitrogens with one attached hydrogen (secondary N) is 1. The summed E-state index contributed by atoms with van der Waals surface area (Å²) in [4.78, 5) is 11.4. The van der Waals surface area contributed by atoms with Crippen LogP contribution >= 0.6 is 11.6 Å². The molecule has 0 spiro atoms. The Morgan fingerprint density at radius 2 is 2.11 bits per heavy atom. The standard InChI is InChI=1S/C12H15ClN2O3S/c13-9-2-1-3-10(14)12(9)19(17,18)7-11(16)15-6-8-4-5-8/h1-3,8H,4-7,14H2,(H,15,16). The molecule has 1 aromatic rings. The van der Waals surface area contributed by atoms with Crippen LogP contribution in [0.25, 0.3) is 0 Å². The summed E-state index contributed by atoms with van der Waals surface area (Å²) in [5, 5.41) is 2.64. The molecule has 2 rings (SSSR count). The molecule has 0 atom stereocenters. The number of sulfone groups is 1. The first-order valence-electron chi connectivity index (χ1n) is 5.93. The van der Waals surface area contributed by atoms with E-state index < -0.39 is 21.5 Å². The summed E-state index contributed by atoms with van der Waals surface area (Å²) < 4.78 is 24.2. The molecule has 0 heterocycles. The average molecular weight is 303 g/mol. The Labute approximate surface area is 117 Å². The zero-order valence-corrected chi connectivity index (χ0v) is 11.8. The smallest absolute Gasteiger partial charge is 0.235 e. The van der Waals surface area contributed by atoms with Gasteiger partial charge >= 0.3 is 0 Å². The van der Waals surface area contributed by atoms with Crippen molar-refractivity contribution >= 4 is 33.0 Å². The molecule has 1 saturated carbocycles. The Hall–Kier alpha value is -1.27. The number of rotatable bonds is 5. The summed E-state index contributed by atoms with van der Waals surface area (Å²) in [5.41, 5.74) is 5.68. The number of halogens is 1. The molecule has 0 aromatic heterocycles. The largest absolute Gasteiger partial charge is 0.398 e. The van der Waals surface area contributed by atoms with Gasteiger partial charge in [-0.1, -0.05) is 17.7 Å². The Bertz CT molecular complexity index is 577. The van der Waals surface area contributed by atoms with Crippen LogP contribution in [0.15, 0.2) is 23.1 Å². The van der Waals surface area contributed by atoms with Gasteiger partial charge in [-0.2, -0.15) is 0 Å². The second-order valence-corrected chi connectivity index (χ2v) is 7.00. The zero-order valence-electron chi connectivity index (χ0n) is 10.2. The van der Waals surface area contributed by atoms with Gasteiger partial charge in [-0.25, -0.2) is 8.42 Å². The molecular weight excluding hydrogens is 288 g/mol. The summed E-state index contributed by atoms with van der Waals surface area (Å²) in [7, 11) is -3.82. The van der Waals surface area contributed by atoms with Crippen molar-refractivity contribution in [3.05, 3.63) is 23.2 Å². The van der Waals surface area contributed by atoms with Gasteiger partial charge < -0.3 is 11.1 Å². The summed E-state index contributed by atoms with van der Waals surface area (Å²) in [6.07, 6.45) is 2.18. The van der Waals surface area contributed by atoms with E-state index in [1.54, 1.807) is 6.07 Å². The molecule has 0 unspecified atom stereocenters. The maximum atomic E-state index is 12.1. The third-order valence-electron chi connectivity index (χ3n) is 2.91. The lowest BCUT2D eigenvalue weighted by atomic mass is 10.3. The van der Waals surface area contributed by atoms with Crippen LogP contribution in [0.4, 0.5) is 5.69 Å². The van der Waals surface area contributed by atoms with Crippen LogP contribution in [0, 0.1) is 5.92 Å². The molecule has 0 aliphatic heterocycles. The van der Waals surface area contributed by atoms with Crippen molar-refractivity contribution in [2.24, 2.45) is 5.92 Å². The van der Waals surface area contributed by atoms with E-state index in [-0.39, 0.29) is 15.6 Å². The fraction of sp³-hybridized carbons (Fsp3) is 0.417. The van der Waals surface area contributed by atoms with Gasteiger partial charge in [0.2, 0.25) is 5.91 Å². The summed E-state index contributed by atoms with van der Waals surface area (Å²) >= 11 is 5.84. The van der Waals surface area contributed by atoms with Gasteiger partial charge in [-0.15, -0.1) is 0 Å². The molecule has 1 aliphatic carbocycles. The molecule has 104 valence electrons. The first-order chi connectivity index (χ1) is 8.90. The molecule has 3 N–H and O–H groups in total. The van der Waals surface area contributed by atoms with Gasteiger partial charge in [0.25, 0.3) is 0 Å². The van der Waals surface area contributed by atoms with Crippen molar-refractivity contribution in [1.29, 1.82) is 0 Å². The fourth-order valence-electron chi connectivity index (χ4n) is 1.73. The zero-order chi connectivity index (χ0) is 14.0. The first kappa shape index (κ1) is 14.1. The van der Waals surface area contributed by atoms with Gasteiger partial charge in [0.1, 0.15) is 10.6 Å². The number of carbonyl (C=O) groups is 1. The van der Waals surface area contributed by atoms with Gasteiger partial charge in [0, 0.05) is 6.54 Å². The highest BCUT2D eigenvalue weighted by molar-refractivity contribution is 7.92. The summed E-state index contributed by atoms with van der Waals surface area (Å²) in [6, 6.07) is 4.44. The number of hydrogen-bond acceptors (Lipinski definition) is 4. The lowest BCUT2D eigenvalue weighted by Crippen LogP contribution is -2.32. The highest BCUT2D eigenvalue weighted by Gasteiger charge is 2.26. The number of hydrogen-bond donors (Lipinski definition) is 2. The molecule has 5 nitrogen and oxygen atoms in total. The molecule has 19 heavy (non-hydrogen) atoms. The van der Waals surface area contributed by atoms with Gasteiger partial charge in [0.05, 0.1) is 10.7 Å². The van der Waals surface area contributed by atoms with E-state index in [2.05, 4.69) is 5.32 Å². The third-order valence-corrected chi connectivity index (χ3v) is 5.06. The Kier molecular flexibility index (Phi) is 4.01. The van der Waals surface area contributed by atoms with E-state index in [0.717, 1.165) is 12.8 Å². The molecule has 1 aliphatic rings. The van der Waals surface area contributed by atoms with Gasteiger partial charge in [-0.05, 0) is 30.9 Å². The van der Waals surface area contributed by atoms with Crippen molar-refractivity contribution < 1.29 is 13.2 Å². The predicted octanol–water partition coefficient (Wildman–Crippen LogP) is 1.22. The van der Waals surface area contributed by atoms with Crippen molar-refractivity contribution in [1.82, 2.24) is 5.32 Å². The molecule has 1 aromatic carbocycles. The van der Waals surface area contributed by atoms with Crippen LogP contribution in [-0.4, -0.2) is 26.6 Å². The van der Waals surface area contributed by atoms with Crippen LogP contribution in [0.1, 0.15) is 12.8 Å². The number of benzene rings is 1. The molecule has 1 fully saturated rings. The van der Waals surface area contributed by atoms with E-state index >= 15 is 0 Å².